The molecule has 0 N–H and O–H groups in total. The first kappa shape index (κ1) is 10.2. The van der Waals surface area contributed by atoms with Gasteiger partial charge in [-0.15, -0.1) is 0 Å². The lowest BCUT2D eigenvalue weighted by Gasteiger charge is -2.08. The number of pyridine rings is 1. The molecule has 80 valence electrons. The zero-order valence-electron chi connectivity index (χ0n) is 8.25. The molecule has 0 fully saturated rings. The van der Waals surface area contributed by atoms with Gasteiger partial charge in [0.1, 0.15) is 5.02 Å². The summed E-state index contributed by atoms with van der Waals surface area (Å²) >= 11 is 5.92. The largest absolute Gasteiger partial charge is 0.618 e. The molecule has 0 spiro atoms. The van der Waals surface area contributed by atoms with Crippen molar-refractivity contribution in [1.82, 2.24) is 0 Å². The average molecular weight is 228 g/mol. The van der Waals surface area contributed by atoms with Crippen molar-refractivity contribution in [2.45, 2.75) is 19.3 Å². The first-order valence-electron chi connectivity index (χ1n) is 4.67. The number of methoxy groups -OCH3 is 1. The van der Waals surface area contributed by atoms with Crippen LogP contribution in [0.5, 0.6) is 0 Å². The van der Waals surface area contributed by atoms with Crippen LogP contribution in [0.1, 0.15) is 28.0 Å². The van der Waals surface area contributed by atoms with E-state index in [2.05, 4.69) is 4.74 Å². The van der Waals surface area contributed by atoms with E-state index in [1.54, 1.807) is 0 Å². The van der Waals surface area contributed by atoms with Crippen molar-refractivity contribution in [3.8, 4) is 0 Å². The third kappa shape index (κ3) is 1.55. The number of carbonyl (C=O) groups excluding carboxylic acids is 1. The molecule has 0 bridgehead atoms. The van der Waals surface area contributed by atoms with E-state index < -0.39 is 5.97 Å². The maximum absolute atomic E-state index is 11.5. The van der Waals surface area contributed by atoms with Crippen molar-refractivity contribution in [2.24, 2.45) is 0 Å². The number of carbonyl (C=O) groups is 1. The van der Waals surface area contributed by atoms with Crippen LogP contribution in [0, 0.1) is 5.21 Å². The third-order valence-corrected chi connectivity index (χ3v) is 2.95. The van der Waals surface area contributed by atoms with Gasteiger partial charge >= 0.3 is 11.7 Å². The van der Waals surface area contributed by atoms with E-state index in [-0.39, 0.29) is 5.69 Å². The molecule has 1 aliphatic rings. The van der Waals surface area contributed by atoms with Crippen molar-refractivity contribution < 1.29 is 14.3 Å². The van der Waals surface area contributed by atoms with Gasteiger partial charge in [0, 0.05) is 5.56 Å². The highest BCUT2D eigenvalue weighted by molar-refractivity contribution is 6.31. The summed E-state index contributed by atoms with van der Waals surface area (Å²) < 4.78 is 5.08. The van der Waals surface area contributed by atoms with E-state index >= 15 is 0 Å². The Hall–Kier alpha value is -1.29. The minimum atomic E-state index is -0.597. The predicted molar refractivity (Wildman–Crippen MR) is 53.8 cm³/mol. The molecule has 1 aromatic rings. The van der Waals surface area contributed by atoms with Gasteiger partial charge in [-0.2, -0.15) is 4.73 Å². The monoisotopic (exact) mass is 227 g/mol. The number of ether oxygens (including phenoxy) is 1. The fraction of sp³-hybridized carbons (Fsp3) is 0.400. The van der Waals surface area contributed by atoms with Gasteiger partial charge in [-0.1, -0.05) is 11.6 Å². The van der Waals surface area contributed by atoms with Crippen LogP contribution in [0.2, 0.25) is 5.02 Å². The van der Waals surface area contributed by atoms with Gasteiger partial charge in [-0.05, 0) is 24.8 Å². The number of aromatic nitrogens is 1. The molecule has 0 aliphatic heterocycles. The highest BCUT2D eigenvalue weighted by atomic mass is 35.5. The second-order valence-electron chi connectivity index (χ2n) is 3.45. The maximum atomic E-state index is 11.5. The Morgan fingerprint density at radius 1 is 1.53 bits per heavy atom. The highest BCUT2D eigenvalue weighted by Gasteiger charge is 2.30. The van der Waals surface area contributed by atoms with Crippen LogP contribution in [0.4, 0.5) is 0 Å². The van der Waals surface area contributed by atoms with Crippen LogP contribution in [-0.2, 0) is 17.6 Å². The quantitative estimate of drug-likeness (QED) is 0.412. The molecule has 1 heterocycles. The summed E-state index contributed by atoms with van der Waals surface area (Å²) in [5.41, 5.74) is 1.72. The van der Waals surface area contributed by atoms with Gasteiger partial charge in [0.15, 0.2) is 6.20 Å². The molecule has 2 rings (SSSR count). The van der Waals surface area contributed by atoms with Gasteiger partial charge < -0.3 is 9.94 Å². The Morgan fingerprint density at radius 3 is 2.87 bits per heavy atom. The van der Waals surface area contributed by atoms with Gasteiger partial charge in [0.25, 0.3) is 0 Å². The molecule has 0 radical (unpaired) electrons. The Bertz CT molecular complexity index is 431. The fourth-order valence-corrected chi connectivity index (χ4v) is 2.25. The van der Waals surface area contributed by atoms with Gasteiger partial charge in [0.05, 0.1) is 7.11 Å². The summed E-state index contributed by atoms with van der Waals surface area (Å²) in [5.74, 6) is -0.597. The number of hydrogen-bond donors (Lipinski definition) is 0. The van der Waals surface area contributed by atoms with Crippen LogP contribution in [0.3, 0.4) is 0 Å². The summed E-state index contributed by atoms with van der Waals surface area (Å²) in [6.07, 6.45) is 3.67. The summed E-state index contributed by atoms with van der Waals surface area (Å²) in [4.78, 5) is 11.4. The minimum Gasteiger partial charge on any atom is -0.618 e. The Kier molecular flexibility index (Phi) is 2.52. The molecule has 1 aromatic heterocycles. The van der Waals surface area contributed by atoms with Crippen LogP contribution >= 0.6 is 11.6 Å². The number of rotatable bonds is 1. The molecule has 0 saturated carbocycles. The molecule has 0 atom stereocenters. The number of fused-ring (bicyclic) bond motifs is 1. The molecule has 4 nitrogen and oxygen atoms in total. The summed E-state index contributed by atoms with van der Waals surface area (Å²) in [6, 6.07) is 0. The lowest BCUT2D eigenvalue weighted by atomic mass is 10.1. The Labute approximate surface area is 92.0 Å². The summed E-state index contributed by atoms with van der Waals surface area (Å²) in [7, 11) is 1.26. The number of esters is 1. The lowest BCUT2D eigenvalue weighted by Crippen LogP contribution is -2.36. The first-order valence-corrected chi connectivity index (χ1v) is 5.04. The van der Waals surface area contributed by atoms with Crippen LogP contribution in [0.25, 0.3) is 0 Å². The average Bonchev–Trinajstić information content (AvgIpc) is 2.66. The number of halogens is 1. The van der Waals surface area contributed by atoms with Gasteiger partial charge in [0.2, 0.25) is 0 Å². The predicted octanol–water partition coefficient (Wildman–Crippen LogP) is 1.25. The molecule has 15 heavy (non-hydrogen) atoms. The van der Waals surface area contributed by atoms with E-state index in [4.69, 9.17) is 11.6 Å². The van der Waals surface area contributed by atoms with Crippen molar-refractivity contribution in [1.29, 1.82) is 0 Å². The highest BCUT2D eigenvalue weighted by Crippen LogP contribution is 2.29. The van der Waals surface area contributed by atoms with Crippen LogP contribution in [0.15, 0.2) is 6.20 Å². The molecule has 1 aliphatic carbocycles. The van der Waals surface area contributed by atoms with Crippen LogP contribution < -0.4 is 4.73 Å². The molecular weight excluding hydrogens is 218 g/mol. The molecule has 0 saturated heterocycles. The van der Waals surface area contributed by atoms with E-state index in [1.165, 1.54) is 13.3 Å². The number of nitrogens with zero attached hydrogens (tertiary/aromatic N) is 1. The Balaban J connectivity index is 2.64. The van der Waals surface area contributed by atoms with E-state index in [0.29, 0.717) is 16.2 Å². The normalized spacial score (nSPS) is 13.7. The number of hydrogen-bond acceptors (Lipinski definition) is 3. The molecule has 0 aromatic carbocycles. The van der Waals surface area contributed by atoms with Crippen molar-refractivity contribution in [3.05, 3.63) is 33.2 Å². The van der Waals surface area contributed by atoms with Gasteiger partial charge in [-0.3, -0.25) is 0 Å². The zero-order valence-corrected chi connectivity index (χ0v) is 9.00. The summed E-state index contributed by atoms with van der Waals surface area (Å²) in [5, 5.41) is 12.0. The standard InChI is InChI=1S/C10H10ClNO3/c1-15-10(13)9-7-4-2-3-6(7)8(11)5-12(9)14/h5H,2-4H2,1H3. The maximum Gasteiger partial charge on any atom is 0.405 e. The van der Waals surface area contributed by atoms with Crippen molar-refractivity contribution in [2.75, 3.05) is 7.11 Å². The molecule has 5 heteroatoms. The zero-order chi connectivity index (χ0) is 11.0. The van der Waals surface area contributed by atoms with E-state index in [1.807, 2.05) is 0 Å². The van der Waals surface area contributed by atoms with Crippen molar-refractivity contribution in [3.63, 3.8) is 0 Å². The second-order valence-corrected chi connectivity index (χ2v) is 3.86. The Morgan fingerprint density at radius 2 is 2.20 bits per heavy atom. The van der Waals surface area contributed by atoms with E-state index in [0.717, 1.165) is 24.0 Å². The molecule has 0 amide bonds. The first-order chi connectivity index (χ1) is 7.15. The smallest absolute Gasteiger partial charge is 0.405 e. The molecule has 0 unspecified atom stereocenters. The van der Waals surface area contributed by atoms with Crippen molar-refractivity contribution >= 4 is 17.6 Å². The topological polar surface area (TPSA) is 53.2 Å². The van der Waals surface area contributed by atoms with Crippen LogP contribution in [-0.4, -0.2) is 13.1 Å². The SMILES string of the molecule is COC(=O)c1c2c(c(Cl)c[n+]1[O-])CCC2. The van der Waals surface area contributed by atoms with Gasteiger partial charge in [-0.25, -0.2) is 4.79 Å². The summed E-state index contributed by atoms with van der Waals surface area (Å²) in [6.45, 7) is 0. The van der Waals surface area contributed by atoms with E-state index in [9.17, 15) is 10.0 Å². The second kappa shape index (κ2) is 3.70. The fourth-order valence-electron chi connectivity index (χ4n) is 1.96. The minimum absolute atomic E-state index is 0.0781. The lowest BCUT2D eigenvalue weighted by molar-refractivity contribution is -0.608. The molecular formula is C10H10ClNO3. The third-order valence-electron chi connectivity index (χ3n) is 2.62.